The van der Waals surface area contributed by atoms with Crippen LogP contribution < -0.4 is 11.2 Å². The molecule has 1 heterocycles. The van der Waals surface area contributed by atoms with Gasteiger partial charge in [0.25, 0.3) is 5.56 Å². The summed E-state index contributed by atoms with van der Waals surface area (Å²) < 4.78 is 13.8. The molecule has 0 aliphatic rings. The molecule has 2 N–H and O–H groups in total. The molecule has 0 saturated carbocycles. The van der Waals surface area contributed by atoms with Crippen molar-refractivity contribution in [2.24, 2.45) is 0 Å². The molecule has 0 spiro atoms. The fraction of sp³-hybridized carbons (Fsp3) is 0.200. The lowest BCUT2D eigenvalue weighted by molar-refractivity contribution is 1.01. The summed E-state index contributed by atoms with van der Waals surface area (Å²) in [5, 5.41) is 0. The SMILES string of the molecule is [2H]n1cc(C)c(=O)n([2H])c1=O. The Labute approximate surface area is 53.5 Å². The first-order valence-electron chi connectivity index (χ1n) is 3.27. The molecule has 4 nitrogen and oxygen atoms in total. The molecule has 4 heteroatoms. The van der Waals surface area contributed by atoms with Crippen LogP contribution in [0.3, 0.4) is 0 Å². The first kappa shape index (κ1) is 3.66. The first-order valence-corrected chi connectivity index (χ1v) is 2.38. The molecule has 0 bridgehead atoms. The van der Waals surface area contributed by atoms with Crippen LogP contribution in [-0.4, -0.2) is 9.95 Å². The van der Waals surface area contributed by atoms with Crippen LogP contribution in [0.2, 0.25) is 2.82 Å². The van der Waals surface area contributed by atoms with Gasteiger partial charge in [0, 0.05) is 11.8 Å². The van der Waals surface area contributed by atoms with Gasteiger partial charge in [0.2, 0.25) is 0 Å². The lowest BCUT2D eigenvalue weighted by atomic mass is 10.4. The van der Waals surface area contributed by atoms with Gasteiger partial charge in [-0.2, -0.15) is 0 Å². The molecule has 0 aliphatic heterocycles. The van der Waals surface area contributed by atoms with Crippen molar-refractivity contribution >= 4 is 0 Å². The molecule has 1 aromatic heterocycles. The Balaban J connectivity index is 3.74. The second-order valence-electron chi connectivity index (χ2n) is 1.64. The number of aromatic amines is 2. The van der Waals surface area contributed by atoms with Gasteiger partial charge in [-0.1, -0.05) is 0 Å². The molecule has 1 rings (SSSR count). The maximum absolute atomic E-state index is 10.8. The molecule has 0 aliphatic carbocycles. The summed E-state index contributed by atoms with van der Waals surface area (Å²) in [5.41, 5.74) is -1.44. The molecule has 0 atom stereocenters. The highest BCUT2D eigenvalue weighted by Gasteiger charge is 1.88. The Morgan fingerprint density at radius 1 is 1.67 bits per heavy atom. The van der Waals surface area contributed by atoms with Gasteiger partial charge >= 0.3 is 5.69 Å². The normalized spacial score (nSPS) is 12.6. The largest absolute Gasteiger partial charge is 0.325 e. The molecule has 48 valence electrons. The van der Waals surface area contributed by atoms with E-state index in [1.807, 2.05) is 0 Å². The fourth-order valence-corrected chi connectivity index (χ4v) is 0.411. The molecule has 0 radical (unpaired) electrons. The highest BCUT2D eigenvalue weighted by molar-refractivity contribution is 4.98. The summed E-state index contributed by atoms with van der Waals surface area (Å²) >= 11 is 0. The van der Waals surface area contributed by atoms with Crippen molar-refractivity contribution in [3.05, 3.63) is 32.6 Å². The maximum Gasteiger partial charge on any atom is 0.325 e. The van der Waals surface area contributed by atoms with Gasteiger partial charge in [0.15, 0.2) is 2.82 Å². The van der Waals surface area contributed by atoms with Gasteiger partial charge in [-0.25, -0.2) is 4.79 Å². The summed E-state index contributed by atoms with van der Waals surface area (Å²) in [4.78, 5) is 22.1. The van der Waals surface area contributed by atoms with E-state index in [2.05, 4.69) is 0 Å². The molecule has 0 aromatic carbocycles. The van der Waals surface area contributed by atoms with E-state index in [-0.39, 0.29) is 10.5 Å². The van der Waals surface area contributed by atoms with Gasteiger partial charge in [0.1, 0.15) is 0 Å². The molecule has 0 unspecified atom stereocenters. The van der Waals surface area contributed by atoms with E-state index >= 15 is 0 Å². The summed E-state index contributed by atoms with van der Waals surface area (Å²) in [7, 11) is 0. The predicted molar refractivity (Wildman–Crippen MR) is 32.4 cm³/mol. The van der Waals surface area contributed by atoms with Gasteiger partial charge in [-0.3, -0.25) is 9.77 Å². The Bertz CT molecular complexity index is 358. The topological polar surface area (TPSA) is 65.7 Å². The Morgan fingerprint density at radius 2 is 2.33 bits per heavy atom. The average molecular weight is 128 g/mol. The van der Waals surface area contributed by atoms with Crippen LogP contribution in [0.25, 0.3) is 0 Å². The number of hydrogen-bond donors (Lipinski definition) is 2. The van der Waals surface area contributed by atoms with Crippen molar-refractivity contribution in [3.63, 3.8) is 0 Å². The van der Waals surface area contributed by atoms with E-state index < -0.39 is 11.2 Å². The zero-order chi connectivity index (χ0) is 8.59. The molecular formula is C5H6N2O2. The number of rotatable bonds is 0. The highest BCUT2D eigenvalue weighted by atomic mass is 16.2. The summed E-state index contributed by atoms with van der Waals surface area (Å²) in [6, 6.07) is 0. The quantitative estimate of drug-likeness (QED) is 0.488. The molecule has 0 saturated heterocycles. The number of H-pyrrole nitrogens is 2. The fourth-order valence-electron chi connectivity index (χ4n) is 0.411. The van der Waals surface area contributed by atoms with E-state index in [0.717, 1.165) is 6.20 Å². The minimum absolute atomic E-state index is 0.155. The molecule has 0 amide bonds. The van der Waals surface area contributed by atoms with Crippen LogP contribution in [0.15, 0.2) is 15.8 Å². The lowest BCUT2D eigenvalue weighted by Crippen LogP contribution is -2.22. The van der Waals surface area contributed by atoms with E-state index in [9.17, 15) is 9.59 Å². The number of aromatic nitrogens is 2. The van der Waals surface area contributed by atoms with E-state index in [0.29, 0.717) is 4.98 Å². The predicted octanol–water partition coefficient (Wildman–Crippen LogP) is -0.628. The van der Waals surface area contributed by atoms with Crippen molar-refractivity contribution in [2.45, 2.75) is 6.92 Å². The molecule has 9 heavy (non-hydrogen) atoms. The van der Waals surface area contributed by atoms with Crippen LogP contribution in [-0.2, 0) is 0 Å². The highest BCUT2D eigenvalue weighted by Crippen LogP contribution is 1.73. The van der Waals surface area contributed by atoms with E-state index in [1.165, 1.54) is 6.92 Å². The van der Waals surface area contributed by atoms with Crippen LogP contribution in [0.1, 0.15) is 5.56 Å². The average Bonchev–Trinajstić information content (AvgIpc) is 1.97. The number of aryl methyl sites for hydroxylation is 1. The smallest absolute Gasteiger partial charge is 0.314 e. The van der Waals surface area contributed by atoms with Crippen molar-refractivity contribution in [3.8, 4) is 0 Å². The maximum atomic E-state index is 10.8. The van der Waals surface area contributed by atoms with Gasteiger partial charge in [-0.05, 0) is 6.92 Å². The minimum Gasteiger partial charge on any atom is -0.314 e. The number of nitrogens with one attached hydrogen (secondary N) is 2. The summed E-state index contributed by atoms with van der Waals surface area (Å²) in [6.45, 7) is 1.44. The molecule has 0 fully saturated rings. The number of hydrogen-bond acceptors (Lipinski definition) is 2. The van der Waals surface area contributed by atoms with Crippen molar-refractivity contribution in [1.82, 2.24) is 9.95 Å². The Morgan fingerprint density at radius 3 is 3.00 bits per heavy atom. The zero-order valence-electron chi connectivity index (χ0n) is 6.79. The minimum atomic E-state index is -0.958. The third kappa shape index (κ3) is 1.07. The monoisotopic (exact) mass is 128 g/mol. The second kappa shape index (κ2) is 1.89. The van der Waals surface area contributed by atoms with Gasteiger partial charge < -0.3 is 4.98 Å². The van der Waals surface area contributed by atoms with Crippen LogP contribution >= 0.6 is 0 Å². The van der Waals surface area contributed by atoms with Gasteiger partial charge in [0.05, 0.1) is 0 Å². The van der Waals surface area contributed by atoms with Crippen LogP contribution in [0, 0.1) is 6.92 Å². The first-order chi connectivity index (χ1) is 5.04. The molecular weight excluding hydrogens is 120 g/mol. The van der Waals surface area contributed by atoms with Crippen molar-refractivity contribution in [2.75, 3.05) is 0 Å². The third-order valence-electron chi connectivity index (χ3n) is 0.903. The lowest BCUT2D eigenvalue weighted by Gasteiger charge is -1.84. The van der Waals surface area contributed by atoms with E-state index in [1.54, 1.807) is 0 Å². The second-order valence-corrected chi connectivity index (χ2v) is 1.64. The van der Waals surface area contributed by atoms with Crippen molar-refractivity contribution in [1.29, 1.82) is 0 Å². The summed E-state index contributed by atoms with van der Waals surface area (Å²) in [5.74, 6) is 0. The standard InChI is InChI=1S/C5H6N2O2/c1-3-2-6-5(9)7-4(3)8/h2H,1H3,(H2,6,7,8,9)/i/hD2. The van der Waals surface area contributed by atoms with Crippen LogP contribution in [0.4, 0.5) is 0 Å². The van der Waals surface area contributed by atoms with Crippen LogP contribution in [0.5, 0.6) is 0 Å². The molecule has 1 aromatic rings. The summed E-state index contributed by atoms with van der Waals surface area (Å²) in [6.07, 6.45) is 1.08. The Hall–Kier alpha value is -1.32. The Kier molecular flexibility index (Phi) is 0.768. The van der Waals surface area contributed by atoms with Crippen molar-refractivity contribution < 1.29 is 2.82 Å². The zero-order valence-corrected chi connectivity index (χ0v) is 4.79. The van der Waals surface area contributed by atoms with E-state index in [4.69, 9.17) is 2.82 Å². The third-order valence-corrected chi connectivity index (χ3v) is 0.903. The van der Waals surface area contributed by atoms with Gasteiger partial charge in [-0.15, -0.1) is 0 Å².